The Morgan fingerprint density at radius 1 is 1.40 bits per heavy atom. The van der Waals surface area contributed by atoms with Crippen LogP contribution in [0.1, 0.15) is 11.3 Å². The molecular weight excluding hydrogens is 212 g/mol. The van der Waals surface area contributed by atoms with E-state index >= 15 is 0 Å². The fourth-order valence-corrected chi connectivity index (χ4v) is 1.62. The van der Waals surface area contributed by atoms with E-state index in [1.165, 1.54) is 0 Å². The first-order valence-electron chi connectivity index (χ1n) is 4.61. The van der Waals surface area contributed by atoms with Gasteiger partial charge in [-0.2, -0.15) is 5.10 Å². The summed E-state index contributed by atoms with van der Waals surface area (Å²) in [7, 11) is 1.88. The average molecular weight is 223 g/mol. The Morgan fingerprint density at radius 3 is 2.80 bits per heavy atom. The Morgan fingerprint density at radius 2 is 2.20 bits per heavy atom. The van der Waals surface area contributed by atoms with E-state index in [9.17, 15) is 5.11 Å². The van der Waals surface area contributed by atoms with Crippen LogP contribution in [0.15, 0.2) is 30.5 Å². The predicted octanol–water partition coefficient (Wildman–Crippen LogP) is 2.37. The summed E-state index contributed by atoms with van der Waals surface area (Å²) in [6.07, 6.45) is 2.39. The molecule has 0 saturated heterocycles. The maximum absolute atomic E-state index is 9.67. The van der Waals surface area contributed by atoms with E-state index in [0.717, 1.165) is 11.3 Å². The molecule has 0 unspecified atom stereocenters. The summed E-state index contributed by atoms with van der Waals surface area (Å²) in [5.74, 6) is 0.226. The second kappa shape index (κ2) is 3.95. The lowest BCUT2D eigenvalue weighted by molar-refractivity contribution is 0.469. The van der Waals surface area contributed by atoms with Gasteiger partial charge in [-0.3, -0.25) is 4.68 Å². The first-order chi connectivity index (χ1) is 7.16. The summed E-state index contributed by atoms with van der Waals surface area (Å²) in [4.78, 5) is 0. The van der Waals surface area contributed by atoms with Crippen LogP contribution < -0.4 is 0 Å². The first-order valence-corrected chi connectivity index (χ1v) is 4.99. The molecule has 1 heterocycles. The number of phenolic OH excluding ortho intramolecular Hbond substituents is 1. The Kier molecular flexibility index (Phi) is 2.64. The molecule has 3 nitrogen and oxygen atoms in total. The minimum absolute atomic E-state index is 0.226. The van der Waals surface area contributed by atoms with Crippen LogP contribution in [0.25, 0.3) is 0 Å². The van der Waals surface area contributed by atoms with Gasteiger partial charge >= 0.3 is 0 Å². The molecule has 15 heavy (non-hydrogen) atoms. The number of hydrogen-bond donors (Lipinski definition) is 1. The van der Waals surface area contributed by atoms with Crippen molar-refractivity contribution in [3.63, 3.8) is 0 Å². The van der Waals surface area contributed by atoms with Gasteiger partial charge in [0.25, 0.3) is 0 Å². The van der Waals surface area contributed by atoms with Crippen LogP contribution in [0.4, 0.5) is 0 Å². The highest BCUT2D eigenvalue weighted by molar-refractivity contribution is 6.30. The predicted molar refractivity (Wildman–Crippen MR) is 59.1 cm³/mol. The Hall–Kier alpha value is -1.48. The Labute approximate surface area is 92.9 Å². The largest absolute Gasteiger partial charge is 0.508 e. The van der Waals surface area contributed by atoms with E-state index < -0.39 is 0 Å². The first kappa shape index (κ1) is 10.1. The number of aromatic hydroxyl groups is 1. The normalized spacial score (nSPS) is 10.5. The summed E-state index contributed by atoms with van der Waals surface area (Å²) in [6.45, 7) is 0. The number of benzene rings is 1. The lowest BCUT2D eigenvalue weighted by Gasteiger charge is -2.05. The summed E-state index contributed by atoms with van der Waals surface area (Å²) >= 11 is 5.75. The quantitative estimate of drug-likeness (QED) is 0.847. The number of halogens is 1. The standard InChI is InChI=1S/C11H11ClN2O/c1-14-10(4-5-13-14)6-8-2-3-9(12)7-11(8)15/h2-5,7,15H,6H2,1H3. The molecule has 1 N–H and O–H groups in total. The van der Waals surface area contributed by atoms with E-state index in [4.69, 9.17) is 11.6 Å². The Balaban J connectivity index is 2.29. The van der Waals surface area contributed by atoms with Crippen LogP contribution in [0, 0.1) is 0 Å². The van der Waals surface area contributed by atoms with Crippen molar-refractivity contribution in [1.82, 2.24) is 9.78 Å². The third-order valence-electron chi connectivity index (χ3n) is 2.34. The monoisotopic (exact) mass is 222 g/mol. The molecule has 0 amide bonds. The lowest BCUT2D eigenvalue weighted by Crippen LogP contribution is -1.99. The molecule has 0 bridgehead atoms. The topological polar surface area (TPSA) is 38.0 Å². The lowest BCUT2D eigenvalue weighted by atomic mass is 10.1. The summed E-state index contributed by atoms with van der Waals surface area (Å²) in [6, 6.07) is 7.07. The van der Waals surface area contributed by atoms with Crippen molar-refractivity contribution in [3.05, 3.63) is 46.7 Å². The van der Waals surface area contributed by atoms with Crippen molar-refractivity contribution in [2.45, 2.75) is 6.42 Å². The number of aromatic nitrogens is 2. The van der Waals surface area contributed by atoms with Gasteiger partial charge in [0.15, 0.2) is 0 Å². The maximum atomic E-state index is 9.67. The van der Waals surface area contributed by atoms with Gasteiger partial charge in [0.2, 0.25) is 0 Å². The molecule has 1 aromatic heterocycles. The van der Waals surface area contributed by atoms with Gasteiger partial charge in [0.05, 0.1) is 0 Å². The number of aryl methyl sites for hydroxylation is 1. The number of phenols is 1. The molecule has 78 valence electrons. The van der Waals surface area contributed by atoms with Gasteiger partial charge in [-0.15, -0.1) is 0 Å². The number of hydrogen-bond acceptors (Lipinski definition) is 2. The molecule has 0 fully saturated rings. The van der Waals surface area contributed by atoms with E-state index in [1.807, 2.05) is 19.2 Å². The van der Waals surface area contributed by atoms with Crippen LogP contribution in [-0.2, 0) is 13.5 Å². The van der Waals surface area contributed by atoms with Gasteiger partial charge in [0.1, 0.15) is 5.75 Å². The van der Waals surface area contributed by atoms with Gasteiger partial charge in [-0.1, -0.05) is 17.7 Å². The summed E-state index contributed by atoms with van der Waals surface area (Å²) < 4.78 is 1.79. The highest BCUT2D eigenvalue weighted by Gasteiger charge is 2.05. The second-order valence-electron chi connectivity index (χ2n) is 3.40. The van der Waals surface area contributed by atoms with E-state index in [2.05, 4.69) is 5.10 Å². The minimum atomic E-state index is 0.226. The molecule has 4 heteroatoms. The number of nitrogens with zero attached hydrogens (tertiary/aromatic N) is 2. The van der Waals surface area contributed by atoms with Crippen molar-refractivity contribution in [2.75, 3.05) is 0 Å². The average Bonchev–Trinajstić information content (AvgIpc) is 2.57. The zero-order valence-electron chi connectivity index (χ0n) is 8.31. The highest BCUT2D eigenvalue weighted by Crippen LogP contribution is 2.23. The summed E-state index contributed by atoms with van der Waals surface area (Å²) in [5.41, 5.74) is 1.90. The van der Waals surface area contributed by atoms with Crippen molar-refractivity contribution < 1.29 is 5.11 Å². The van der Waals surface area contributed by atoms with Crippen LogP contribution in [0.2, 0.25) is 5.02 Å². The Bertz CT molecular complexity index is 479. The van der Waals surface area contributed by atoms with Crippen LogP contribution in [-0.4, -0.2) is 14.9 Å². The highest BCUT2D eigenvalue weighted by atomic mass is 35.5. The summed E-state index contributed by atoms with van der Waals surface area (Å²) in [5, 5.41) is 14.3. The van der Waals surface area contributed by atoms with Crippen molar-refractivity contribution in [2.24, 2.45) is 7.05 Å². The number of rotatable bonds is 2. The van der Waals surface area contributed by atoms with Crippen LogP contribution in [0.5, 0.6) is 5.75 Å². The van der Waals surface area contributed by atoms with Crippen molar-refractivity contribution in [3.8, 4) is 5.75 Å². The van der Waals surface area contributed by atoms with Gasteiger partial charge in [0, 0.05) is 30.4 Å². The SMILES string of the molecule is Cn1nccc1Cc1ccc(Cl)cc1O. The molecule has 2 aromatic rings. The van der Waals surface area contributed by atoms with E-state index in [-0.39, 0.29) is 5.75 Å². The molecule has 0 aliphatic heterocycles. The van der Waals surface area contributed by atoms with Gasteiger partial charge < -0.3 is 5.11 Å². The third-order valence-corrected chi connectivity index (χ3v) is 2.58. The molecule has 2 rings (SSSR count). The third kappa shape index (κ3) is 2.13. The second-order valence-corrected chi connectivity index (χ2v) is 3.83. The molecule has 0 saturated carbocycles. The smallest absolute Gasteiger partial charge is 0.120 e. The van der Waals surface area contributed by atoms with Crippen LogP contribution >= 0.6 is 11.6 Å². The van der Waals surface area contributed by atoms with Gasteiger partial charge in [-0.05, 0) is 23.8 Å². The fraction of sp³-hybridized carbons (Fsp3) is 0.182. The molecule has 0 spiro atoms. The molecule has 0 aliphatic carbocycles. The van der Waals surface area contributed by atoms with Crippen molar-refractivity contribution >= 4 is 11.6 Å². The minimum Gasteiger partial charge on any atom is -0.508 e. The van der Waals surface area contributed by atoms with Crippen LogP contribution in [0.3, 0.4) is 0 Å². The molecule has 0 atom stereocenters. The molecule has 0 radical (unpaired) electrons. The van der Waals surface area contributed by atoms with Gasteiger partial charge in [-0.25, -0.2) is 0 Å². The van der Waals surface area contributed by atoms with Crippen molar-refractivity contribution in [1.29, 1.82) is 0 Å². The zero-order chi connectivity index (χ0) is 10.8. The molecule has 1 aromatic carbocycles. The molecular formula is C11H11ClN2O. The fourth-order valence-electron chi connectivity index (χ4n) is 1.46. The maximum Gasteiger partial charge on any atom is 0.120 e. The van der Waals surface area contributed by atoms with E-state index in [0.29, 0.717) is 11.4 Å². The van der Waals surface area contributed by atoms with E-state index in [1.54, 1.807) is 23.0 Å². The molecule has 0 aliphatic rings. The zero-order valence-corrected chi connectivity index (χ0v) is 9.07.